The molecule has 6 nitrogen and oxygen atoms in total. The second kappa shape index (κ2) is 3.93. The number of primary amides is 1. The van der Waals surface area contributed by atoms with Gasteiger partial charge in [0.25, 0.3) is 0 Å². The molecule has 3 N–H and O–H groups in total. The maximum atomic E-state index is 10.9. The summed E-state index contributed by atoms with van der Waals surface area (Å²) in [5.74, 6) is -0.0126. The quantitative estimate of drug-likeness (QED) is 0.766. The molecule has 84 valence electrons. The highest BCUT2D eigenvalue weighted by Crippen LogP contribution is 2.15. The molecule has 2 rings (SSSR count). The van der Waals surface area contributed by atoms with Gasteiger partial charge in [-0.1, -0.05) is 0 Å². The Kier molecular flexibility index (Phi) is 2.61. The first-order valence-corrected chi connectivity index (χ1v) is 4.94. The molecule has 16 heavy (non-hydrogen) atoms. The number of carbonyl (C=O) groups excluding carboxylic acids is 1. The highest BCUT2D eigenvalue weighted by atomic mass is 32.1. The average Bonchev–Trinajstić information content (AvgIpc) is 2.54. The molecule has 0 saturated carbocycles. The van der Waals surface area contributed by atoms with E-state index in [1.54, 1.807) is 12.1 Å². The van der Waals surface area contributed by atoms with Crippen molar-refractivity contribution in [2.24, 2.45) is 5.73 Å². The van der Waals surface area contributed by atoms with Crippen LogP contribution in [0.1, 0.15) is 0 Å². The van der Waals surface area contributed by atoms with Crippen molar-refractivity contribution >= 4 is 29.3 Å². The Morgan fingerprint density at radius 3 is 3.06 bits per heavy atom. The Bertz CT molecular complexity index is 601. The van der Waals surface area contributed by atoms with Crippen LogP contribution in [0.3, 0.4) is 0 Å². The third kappa shape index (κ3) is 1.76. The number of nitrogens with two attached hydrogens (primary N) is 1. The lowest BCUT2D eigenvalue weighted by molar-refractivity contribution is -0.118. The molecule has 2 heterocycles. The Labute approximate surface area is 96.0 Å². The first-order valence-electron chi connectivity index (χ1n) is 4.53. The molecule has 0 saturated heterocycles. The normalized spacial score (nSPS) is 10.6. The second-order valence-corrected chi connectivity index (χ2v) is 3.59. The number of nitrogens with one attached hydrogen (secondary N) is 1. The van der Waals surface area contributed by atoms with E-state index >= 15 is 0 Å². The van der Waals surface area contributed by atoms with Crippen molar-refractivity contribution in [3.05, 3.63) is 16.9 Å². The van der Waals surface area contributed by atoms with Crippen molar-refractivity contribution in [2.75, 3.05) is 7.11 Å². The summed E-state index contributed by atoms with van der Waals surface area (Å²) in [6.07, 6.45) is 0. The smallest absolute Gasteiger partial charge is 0.237 e. The zero-order chi connectivity index (χ0) is 11.7. The number of fused-ring (bicyclic) bond motifs is 1. The number of aromatic nitrogens is 3. The Balaban J connectivity index is 2.65. The predicted octanol–water partition coefficient (Wildman–Crippen LogP) is 0.588. The van der Waals surface area contributed by atoms with Crippen LogP contribution in [0, 0.1) is 4.77 Å². The van der Waals surface area contributed by atoms with Crippen LogP contribution < -0.4 is 10.5 Å². The molecule has 0 aliphatic rings. The van der Waals surface area contributed by atoms with Crippen molar-refractivity contribution < 1.29 is 9.53 Å². The molecule has 1 amide bonds. The fourth-order valence-corrected chi connectivity index (χ4v) is 1.69. The van der Waals surface area contributed by atoms with E-state index in [0.29, 0.717) is 16.3 Å². The highest BCUT2D eigenvalue weighted by molar-refractivity contribution is 7.71. The van der Waals surface area contributed by atoms with Crippen LogP contribution >= 0.6 is 12.2 Å². The zero-order valence-electron chi connectivity index (χ0n) is 8.56. The number of H-pyrrole nitrogens is 1. The van der Waals surface area contributed by atoms with Crippen LogP contribution in [0.5, 0.6) is 5.88 Å². The van der Waals surface area contributed by atoms with Gasteiger partial charge in [-0.25, -0.2) is 0 Å². The number of nitrogens with zero attached hydrogens (tertiary/aromatic N) is 2. The van der Waals surface area contributed by atoms with Crippen LogP contribution in [0.15, 0.2) is 12.1 Å². The van der Waals surface area contributed by atoms with Gasteiger partial charge in [0.05, 0.1) is 12.6 Å². The van der Waals surface area contributed by atoms with Crippen molar-refractivity contribution in [2.45, 2.75) is 6.54 Å². The maximum Gasteiger partial charge on any atom is 0.237 e. The lowest BCUT2D eigenvalue weighted by Gasteiger charge is -2.01. The molecule has 0 unspecified atom stereocenters. The van der Waals surface area contributed by atoms with E-state index in [1.165, 1.54) is 11.7 Å². The Hall–Kier alpha value is -1.89. The van der Waals surface area contributed by atoms with Crippen LogP contribution in [-0.2, 0) is 11.3 Å². The van der Waals surface area contributed by atoms with Crippen molar-refractivity contribution in [3.8, 4) is 5.88 Å². The number of imidazole rings is 1. The van der Waals surface area contributed by atoms with Crippen LogP contribution in [0.2, 0.25) is 0 Å². The molecule has 2 aromatic rings. The topological polar surface area (TPSA) is 85.9 Å². The third-order valence-electron chi connectivity index (χ3n) is 2.12. The van der Waals surface area contributed by atoms with E-state index in [0.717, 1.165) is 5.52 Å². The van der Waals surface area contributed by atoms with Gasteiger partial charge >= 0.3 is 0 Å². The molecule has 0 aliphatic heterocycles. The van der Waals surface area contributed by atoms with Gasteiger partial charge in [-0.2, -0.15) is 4.98 Å². The van der Waals surface area contributed by atoms with Gasteiger partial charge in [-0.3, -0.25) is 9.36 Å². The number of carbonyl (C=O) groups is 1. The van der Waals surface area contributed by atoms with Crippen LogP contribution in [0.4, 0.5) is 0 Å². The van der Waals surface area contributed by atoms with Gasteiger partial charge in [0.2, 0.25) is 11.8 Å². The minimum absolute atomic E-state index is 0.000991. The second-order valence-electron chi connectivity index (χ2n) is 3.21. The monoisotopic (exact) mass is 238 g/mol. The Morgan fingerprint density at radius 1 is 1.69 bits per heavy atom. The van der Waals surface area contributed by atoms with E-state index in [9.17, 15) is 4.79 Å². The van der Waals surface area contributed by atoms with E-state index in [2.05, 4.69) is 9.97 Å². The minimum atomic E-state index is -0.471. The molecule has 0 fully saturated rings. The predicted molar refractivity (Wildman–Crippen MR) is 60.7 cm³/mol. The molecule has 0 atom stereocenters. The van der Waals surface area contributed by atoms with Gasteiger partial charge in [0.1, 0.15) is 6.54 Å². The molecule has 0 spiro atoms. The van der Waals surface area contributed by atoms with Gasteiger partial charge in [0.15, 0.2) is 10.4 Å². The third-order valence-corrected chi connectivity index (χ3v) is 2.44. The van der Waals surface area contributed by atoms with Crippen molar-refractivity contribution in [3.63, 3.8) is 0 Å². The number of ether oxygens (including phenoxy) is 1. The number of pyridine rings is 1. The lowest BCUT2D eigenvalue weighted by atomic mass is 10.4. The minimum Gasteiger partial charge on any atom is -0.481 e. The fourth-order valence-electron chi connectivity index (χ4n) is 1.43. The molecule has 0 bridgehead atoms. The number of amides is 1. The van der Waals surface area contributed by atoms with Crippen LogP contribution in [0.25, 0.3) is 11.2 Å². The average molecular weight is 238 g/mol. The van der Waals surface area contributed by atoms with E-state index in [-0.39, 0.29) is 6.54 Å². The van der Waals surface area contributed by atoms with E-state index in [1.807, 2.05) is 0 Å². The first kappa shape index (κ1) is 10.6. The maximum absolute atomic E-state index is 10.9. The molecular formula is C9H10N4O2S. The van der Waals surface area contributed by atoms with Crippen molar-refractivity contribution in [1.29, 1.82) is 0 Å². The summed E-state index contributed by atoms with van der Waals surface area (Å²) in [5.41, 5.74) is 6.44. The molecule has 0 aliphatic carbocycles. The Morgan fingerprint density at radius 2 is 2.44 bits per heavy atom. The molecular weight excluding hydrogens is 228 g/mol. The van der Waals surface area contributed by atoms with Gasteiger partial charge in [0, 0.05) is 6.07 Å². The van der Waals surface area contributed by atoms with E-state index < -0.39 is 5.91 Å². The van der Waals surface area contributed by atoms with Gasteiger partial charge in [-0.05, 0) is 18.3 Å². The summed E-state index contributed by atoms with van der Waals surface area (Å²) in [6.45, 7) is -0.000991. The molecule has 0 aromatic carbocycles. The van der Waals surface area contributed by atoms with Crippen molar-refractivity contribution in [1.82, 2.24) is 14.5 Å². The standard InChI is InChI=1S/C9H10N4O2S/c1-15-7-3-2-5-8(12-7)13(4-6(10)14)9(16)11-5/h2-3H,4H2,1H3,(H2,10,14)(H,11,16). The summed E-state index contributed by atoms with van der Waals surface area (Å²) < 4.78 is 6.95. The van der Waals surface area contributed by atoms with E-state index in [4.69, 9.17) is 22.7 Å². The summed E-state index contributed by atoms with van der Waals surface area (Å²) in [5, 5.41) is 0. The van der Waals surface area contributed by atoms with Gasteiger partial charge < -0.3 is 15.5 Å². The summed E-state index contributed by atoms with van der Waals surface area (Å²) in [4.78, 5) is 18.0. The summed E-state index contributed by atoms with van der Waals surface area (Å²) in [6, 6.07) is 3.50. The SMILES string of the molecule is COc1ccc2[nH]c(=S)n(CC(N)=O)c2n1. The summed E-state index contributed by atoms with van der Waals surface area (Å²) >= 11 is 5.07. The fraction of sp³-hybridized carbons (Fsp3) is 0.222. The molecule has 7 heteroatoms. The molecule has 2 aromatic heterocycles. The largest absolute Gasteiger partial charge is 0.481 e. The number of hydrogen-bond donors (Lipinski definition) is 2. The number of aromatic amines is 1. The first-order chi connectivity index (χ1) is 7.61. The van der Waals surface area contributed by atoms with Gasteiger partial charge in [-0.15, -0.1) is 0 Å². The number of hydrogen-bond acceptors (Lipinski definition) is 4. The van der Waals surface area contributed by atoms with Crippen LogP contribution in [-0.4, -0.2) is 27.6 Å². The molecule has 0 radical (unpaired) electrons. The lowest BCUT2D eigenvalue weighted by Crippen LogP contribution is -2.18. The zero-order valence-corrected chi connectivity index (χ0v) is 9.37. The number of rotatable bonds is 3. The summed E-state index contributed by atoms with van der Waals surface area (Å²) in [7, 11) is 1.52. The number of methoxy groups -OCH3 is 1. The highest BCUT2D eigenvalue weighted by Gasteiger charge is 2.08.